The highest BCUT2D eigenvalue weighted by molar-refractivity contribution is 7.10. The van der Waals surface area contributed by atoms with Gasteiger partial charge in [0.1, 0.15) is 5.82 Å². The Morgan fingerprint density at radius 1 is 1.25 bits per heavy atom. The number of nitrogens with zero attached hydrogens (tertiary/aromatic N) is 1. The van der Waals surface area contributed by atoms with E-state index in [-0.39, 0.29) is 11.6 Å². The molecule has 0 aliphatic rings. The number of hydrogen-bond acceptors (Lipinski definition) is 3. The number of hydrogen-bond donors (Lipinski definition) is 1. The van der Waals surface area contributed by atoms with E-state index in [1.807, 2.05) is 41.8 Å². The molecule has 102 valence electrons. The molecule has 0 bridgehead atoms. The van der Waals surface area contributed by atoms with Gasteiger partial charge in [0.25, 0.3) is 5.56 Å². The highest BCUT2D eigenvalue weighted by atomic mass is 32.1. The first-order valence-corrected chi connectivity index (χ1v) is 7.53. The summed E-state index contributed by atoms with van der Waals surface area (Å²) in [6.45, 7) is 2.07. The minimum Gasteiger partial charge on any atom is -0.385 e. The molecule has 0 aliphatic heterocycles. The van der Waals surface area contributed by atoms with Crippen LogP contribution in [0.25, 0.3) is 10.8 Å². The molecule has 20 heavy (non-hydrogen) atoms. The second kappa shape index (κ2) is 5.13. The summed E-state index contributed by atoms with van der Waals surface area (Å²) in [5.74, 6) is 0.522. The molecule has 0 aliphatic carbocycles. The smallest absolute Gasteiger partial charge is 0.260 e. The zero-order valence-corrected chi connectivity index (χ0v) is 12.1. The Bertz CT molecular complexity index is 790. The second-order valence-electron chi connectivity index (χ2n) is 4.77. The van der Waals surface area contributed by atoms with Crippen molar-refractivity contribution >= 4 is 27.9 Å². The predicted molar refractivity (Wildman–Crippen MR) is 85.4 cm³/mol. The van der Waals surface area contributed by atoms with Crippen molar-refractivity contribution in [3.63, 3.8) is 0 Å². The summed E-state index contributed by atoms with van der Waals surface area (Å²) in [5.41, 5.74) is 6.12. The minimum absolute atomic E-state index is 0.00658. The van der Waals surface area contributed by atoms with Gasteiger partial charge in [-0.25, -0.2) is 0 Å². The Kier molecular flexibility index (Phi) is 3.32. The van der Waals surface area contributed by atoms with Gasteiger partial charge in [-0.05, 0) is 35.4 Å². The van der Waals surface area contributed by atoms with Gasteiger partial charge in [-0.2, -0.15) is 0 Å². The lowest BCUT2D eigenvalue weighted by atomic mass is 10.1. The van der Waals surface area contributed by atoms with E-state index in [0.717, 1.165) is 22.1 Å². The quantitative estimate of drug-likeness (QED) is 0.798. The van der Waals surface area contributed by atoms with Crippen molar-refractivity contribution in [1.82, 2.24) is 4.57 Å². The minimum atomic E-state index is -0.0131. The van der Waals surface area contributed by atoms with E-state index in [1.54, 1.807) is 15.9 Å². The van der Waals surface area contributed by atoms with Gasteiger partial charge in [-0.1, -0.05) is 31.2 Å². The zero-order chi connectivity index (χ0) is 14.1. The Morgan fingerprint density at radius 3 is 2.75 bits per heavy atom. The average molecular weight is 284 g/mol. The van der Waals surface area contributed by atoms with Crippen LogP contribution in [0.5, 0.6) is 0 Å². The van der Waals surface area contributed by atoms with Crippen molar-refractivity contribution < 1.29 is 0 Å². The molecular formula is C16H16N2OS. The highest BCUT2D eigenvalue weighted by Crippen LogP contribution is 2.28. The molecule has 0 amide bonds. The fraction of sp³-hybridized carbons (Fsp3) is 0.188. The Morgan fingerprint density at radius 2 is 2.05 bits per heavy atom. The topological polar surface area (TPSA) is 48.0 Å². The molecule has 3 rings (SSSR count). The van der Waals surface area contributed by atoms with E-state index in [0.29, 0.717) is 5.82 Å². The molecule has 1 unspecified atom stereocenters. The normalized spacial score (nSPS) is 12.7. The third-order valence-corrected chi connectivity index (χ3v) is 4.54. The first-order chi connectivity index (χ1) is 9.72. The zero-order valence-electron chi connectivity index (χ0n) is 11.2. The van der Waals surface area contributed by atoms with Crippen LogP contribution >= 0.6 is 11.3 Å². The molecule has 3 aromatic rings. The van der Waals surface area contributed by atoms with Gasteiger partial charge >= 0.3 is 0 Å². The third-order valence-electron chi connectivity index (χ3n) is 3.56. The molecule has 2 heterocycles. The van der Waals surface area contributed by atoms with E-state index in [1.165, 1.54) is 0 Å². The maximum atomic E-state index is 12.7. The van der Waals surface area contributed by atoms with E-state index in [2.05, 4.69) is 13.0 Å². The molecule has 0 saturated heterocycles. The van der Waals surface area contributed by atoms with Crippen LogP contribution in [0.3, 0.4) is 0 Å². The van der Waals surface area contributed by atoms with Crippen molar-refractivity contribution in [2.24, 2.45) is 0 Å². The molecule has 4 heteroatoms. The maximum Gasteiger partial charge on any atom is 0.260 e. The number of nitrogen functional groups attached to an aromatic ring is 1. The first-order valence-electron chi connectivity index (χ1n) is 6.65. The van der Waals surface area contributed by atoms with Crippen LogP contribution in [-0.4, -0.2) is 4.57 Å². The SMILES string of the molecule is CCC(c1cccs1)n1c(N)cc2ccccc2c1=O. The fourth-order valence-corrected chi connectivity index (χ4v) is 3.51. The number of benzene rings is 1. The van der Waals surface area contributed by atoms with Crippen molar-refractivity contribution in [1.29, 1.82) is 0 Å². The third kappa shape index (κ3) is 2.02. The molecule has 1 atom stereocenters. The Balaban J connectivity index is 2.28. The average Bonchev–Trinajstić information content (AvgIpc) is 2.97. The van der Waals surface area contributed by atoms with E-state index >= 15 is 0 Å². The number of thiophene rings is 1. The van der Waals surface area contributed by atoms with Crippen LogP contribution in [0, 0.1) is 0 Å². The van der Waals surface area contributed by atoms with E-state index in [9.17, 15) is 4.79 Å². The summed E-state index contributed by atoms with van der Waals surface area (Å²) in [6, 6.07) is 13.5. The van der Waals surface area contributed by atoms with Crippen LogP contribution in [0.4, 0.5) is 5.82 Å². The number of aromatic nitrogens is 1. The van der Waals surface area contributed by atoms with Gasteiger partial charge < -0.3 is 5.73 Å². The van der Waals surface area contributed by atoms with Gasteiger partial charge in [-0.3, -0.25) is 9.36 Å². The second-order valence-corrected chi connectivity index (χ2v) is 5.75. The molecular weight excluding hydrogens is 268 g/mol. The Labute approximate surface area is 121 Å². The maximum absolute atomic E-state index is 12.7. The van der Waals surface area contributed by atoms with Gasteiger partial charge in [0.15, 0.2) is 0 Å². The summed E-state index contributed by atoms with van der Waals surface area (Å²) >= 11 is 1.66. The molecule has 0 fully saturated rings. The molecule has 2 N–H and O–H groups in total. The largest absolute Gasteiger partial charge is 0.385 e. The lowest BCUT2D eigenvalue weighted by Crippen LogP contribution is -2.27. The lowest BCUT2D eigenvalue weighted by molar-refractivity contribution is 0.569. The van der Waals surface area contributed by atoms with Crippen molar-refractivity contribution in [2.45, 2.75) is 19.4 Å². The van der Waals surface area contributed by atoms with Crippen molar-refractivity contribution in [3.8, 4) is 0 Å². The van der Waals surface area contributed by atoms with Crippen molar-refractivity contribution in [2.75, 3.05) is 5.73 Å². The van der Waals surface area contributed by atoms with E-state index in [4.69, 9.17) is 5.73 Å². The number of nitrogens with two attached hydrogens (primary N) is 1. The molecule has 3 nitrogen and oxygen atoms in total. The molecule has 1 aromatic carbocycles. The monoisotopic (exact) mass is 284 g/mol. The molecule has 2 aromatic heterocycles. The van der Waals surface area contributed by atoms with Gasteiger partial charge in [0, 0.05) is 10.3 Å². The van der Waals surface area contributed by atoms with Gasteiger partial charge in [0.2, 0.25) is 0 Å². The number of anilines is 1. The standard InChI is InChI=1S/C16H16N2OS/c1-2-13(14-8-5-9-20-14)18-15(17)10-11-6-3-4-7-12(11)16(18)19/h3-10,13H,2,17H2,1H3. The predicted octanol–water partition coefficient (Wildman–Crippen LogP) is 3.64. The van der Waals surface area contributed by atoms with Gasteiger partial charge in [0.05, 0.1) is 6.04 Å². The summed E-state index contributed by atoms with van der Waals surface area (Å²) in [5, 5.41) is 3.64. The summed E-state index contributed by atoms with van der Waals surface area (Å²) in [7, 11) is 0. The molecule has 0 radical (unpaired) electrons. The lowest BCUT2D eigenvalue weighted by Gasteiger charge is -2.20. The number of pyridine rings is 1. The molecule has 0 saturated carbocycles. The van der Waals surface area contributed by atoms with Crippen LogP contribution in [-0.2, 0) is 0 Å². The Hall–Kier alpha value is -2.07. The summed E-state index contributed by atoms with van der Waals surface area (Å²) in [4.78, 5) is 13.9. The summed E-state index contributed by atoms with van der Waals surface area (Å²) in [6.07, 6.45) is 0.836. The van der Waals surface area contributed by atoms with Crippen LogP contribution < -0.4 is 11.3 Å². The van der Waals surface area contributed by atoms with E-state index < -0.39 is 0 Å². The van der Waals surface area contributed by atoms with Crippen LogP contribution in [0.1, 0.15) is 24.3 Å². The first kappa shape index (κ1) is 12.9. The van der Waals surface area contributed by atoms with Crippen LogP contribution in [0.2, 0.25) is 0 Å². The number of fused-ring (bicyclic) bond motifs is 1. The van der Waals surface area contributed by atoms with Gasteiger partial charge in [-0.15, -0.1) is 11.3 Å². The number of rotatable bonds is 3. The van der Waals surface area contributed by atoms with Crippen LogP contribution in [0.15, 0.2) is 52.6 Å². The molecule has 0 spiro atoms. The fourth-order valence-electron chi connectivity index (χ4n) is 2.61. The van der Waals surface area contributed by atoms with Crippen molar-refractivity contribution in [3.05, 3.63) is 63.1 Å². The summed E-state index contributed by atoms with van der Waals surface area (Å²) < 4.78 is 1.72. The highest BCUT2D eigenvalue weighted by Gasteiger charge is 2.17.